The van der Waals surface area contributed by atoms with Crippen LogP contribution in [0.2, 0.25) is 0 Å². The SMILES string of the molecule is O=C(NCCC=Cc1ccc2c(c1)NC(=O)C2=O)OCc1ccccc1. The highest BCUT2D eigenvalue weighted by molar-refractivity contribution is 6.51. The molecule has 26 heavy (non-hydrogen) atoms. The topological polar surface area (TPSA) is 84.5 Å². The molecule has 1 heterocycles. The number of hydrogen-bond donors (Lipinski definition) is 2. The molecular formula is C20H18N2O4. The zero-order valence-corrected chi connectivity index (χ0v) is 14.0. The first-order valence-corrected chi connectivity index (χ1v) is 8.24. The third-order valence-corrected chi connectivity index (χ3v) is 3.85. The van der Waals surface area contributed by atoms with Crippen LogP contribution >= 0.6 is 0 Å². The van der Waals surface area contributed by atoms with Crippen LogP contribution < -0.4 is 10.6 Å². The van der Waals surface area contributed by atoms with Gasteiger partial charge in [-0.2, -0.15) is 0 Å². The Morgan fingerprint density at radius 1 is 1.12 bits per heavy atom. The van der Waals surface area contributed by atoms with Crippen molar-refractivity contribution in [1.82, 2.24) is 5.32 Å². The highest BCUT2D eigenvalue weighted by Gasteiger charge is 2.27. The minimum Gasteiger partial charge on any atom is -0.445 e. The number of nitrogens with one attached hydrogen (secondary N) is 2. The maximum Gasteiger partial charge on any atom is 0.407 e. The van der Waals surface area contributed by atoms with E-state index in [9.17, 15) is 14.4 Å². The Labute approximate surface area is 150 Å². The molecule has 1 aliphatic heterocycles. The lowest BCUT2D eigenvalue weighted by Gasteiger charge is -2.06. The van der Waals surface area contributed by atoms with Crippen LogP contribution in [-0.2, 0) is 16.1 Å². The van der Waals surface area contributed by atoms with E-state index >= 15 is 0 Å². The van der Waals surface area contributed by atoms with Gasteiger partial charge in [-0.3, -0.25) is 9.59 Å². The van der Waals surface area contributed by atoms with E-state index in [0.717, 1.165) is 11.1 Å². The predicted molar refractivity (Wildman–Crippen MR) is 97.7 cm³/mol. The van der Waals surface area contributed by atoms with E-state index in [4.69, 9.17) is 4.74 Å². The molecule has 0 saturated carbocycles. The molecule has 0 spiro atoms. The van der Waals surface area contributed by atoms with E-state index in [2.05, 4.69) is 10.6 Å². The molecule has 2 aromatic carbocycles. The lowest BCUT2D eigenvalue weighted by molar-refractivity contribution is -0.112. The van der Waals surface area contributed by atoms with Crippen molar-refractivity contribution in [3.05, 3.63) is 71.3 Å². The number of rotatable bonds is 6. The standard InChI is InChI=1S/C20H18N2O4/c23-18-16-10-9-14(12-17(16)22-19(18)24)6-4-5-11-21-20(25)26-13-15-7-2-1-3-8-15/h1-4,6-10,12H,5,11,13H2,(H,21,25)(H,22,23,24). The summed E-state index contributed by atoms with van der Waals surface area (Å²) in [5, 5.41) is 5.21. The van der Waals surface area contributed by atoms with Gasteiger partial charge >= 0.3 is 6.09 Å². The Morgan fingerprint density at radius 2 is 1.92 bits per heavy atom. The largest absolute Gasteiger partial charge is 0.445 e. The molecule has 2 N–H and O–H groups in total. The fraction of sp³-hybridized carbons (Fsp3) is 0.150. The first kappa shape index (κ1) is 17.4. The lowest BCUT2D eigenvalue weighted by Crippen LogP contribution is -2.24. The van der Waals surface area contributed by atoms with Crippen LogP contribution in [0, 0.1) is 0 Å². The van der Waals surface area contributed by atoms with Crippen LogP contribution in [0.3, 0.4) is 0 Å². The van der Waals surface area contributed by atoms with Crippen molar-refractivity contribution >= 4 is 29.5 Å². The van der Waals surface area contributed by atoms with Crippen molar-refractivity contribution < 1.29 is 19.1 Å². The molecule has 2 amide bonds. The highest BCUT2D eigenvalue weighted by Crippen LogP contribution is 2.24. The molecule has 1 aliphatic rings. The van der Waals surface area contributed by atoms with E-state index in [1.165, 1.54) is 0 Å². The van der Waals surface area contributed by atoms with E-state index < -0.39 is 17.8 Å². The number of anilines is 1. The molecular weight excluding hydrogens is 332 g/mol. The summed E-state index contributed by atoms with van der Waals surface area (Å²) < 4.78 is 5.12. The summed E-state index contributed by atoms with van der Waals surface area (Å²) >= 11 is 0. The molecule has 0 unspecified atom stereocenters. The first-order valence-electron chi connectivity index (χ1n) is 8.24. The van der Waals surface area contributed by atoms with Crippen LogP contribution in [0.15, 0.2) is 54.6 Å². The van der Waals surface area contributed by atoms with Crippen LogP contribution in [-0.4, -0.2) is 24.3 Å². The number of ether oxygens (including phenoxy) is 1. The van der Waals surface area contributed by atoms with Crippen molar-refractivity contribution in [3.63, 3.8) is 0 Å². The second-order valence-electron chi connectivity index (χ2n) is 5.77. The third-order valence-electron chi connectivity index (χ3n) is 3.85. The second kappa shape index (κ2) is 8.11. The summed E-state index contributed by atoms with van der Waals surface area (Å²) in [6, 6.07) is 14.6. The molecule has 0 aromatic heterocycles. The Morgan fingerprint density at radius 3 is 2.73 bits per heavy atom. The van der Waals surface area contributed by atoms with E-state index in [-0.39, 0.29) is 6.61 Å². The van der Waals surface area contributed by atoms with Crippen molar-refractivity contribution in [2.24, 2.45) is 0 Å². The maximum absolute atomic E-state index is 11.6. The fourth-order valence-electron chi connectivity index (χ4n) is 2.52. The summed E-state index contributed by atoms with van der Waals surface area (Å²) in [6.45, 7) is 0.687. The molecule has 3 rings (SSSR count). The Balaban J connectivity index is 1.40. The van der Waals surface area contributed by atoms with Crippen molar-refractivity contribution in [2.45, 2.75) is 13.0 Å². The van der Waals surface area contributed by atoms with Gasteiger partial charge in [-0.15, -0.1) is 0 Å². The quantitative estimate of drug-likeness (QED) is 0.619. The molecule has 2 aromatic rings. The van der Waals surface area contributed by atoms with Crippen LogP contribution in [0.5, 0.6) is 0 Å². The average molecular weight is 350 g/mol. The van der Waals surface area contributed by atoms with Gasteiger partial charge in [0.1, 0.15) is 6.61 Å². The van der Waals surface area contributed by atoms with Gasteiger partial charge in [0.2, 0.25) is 0 Å². The normalized spacial score (nSPS) is 12.8. The lowest BCUT2D eigenvalue weighted by atomic mass is 10.1. The molecule has 6 heteroatoms. The van der Waals surface area contributed by atoms with Crippen molar-refractivity contribution in [3.8, 4) is 0 Å². The number of carbonyl (C=O) groups excluding carboxylic acids is 3. The number of carbonyl (C=O) groups is 3. The summed E-state index contributed by atoms with van der Waals surface area (Å²) in [6.07, 6.45) is 3.94. The smallest absolute Gasteiger partial charge is 0.407 e. The number of amides is 2. The van der Waals surface area contributed by atoms with Gasteiger partial charge in [0.05, 0.1) is 11.3 Å². The summed E-state index contributed by atoms with van der Waals surface area (Å²) in [7, 11) is 0. The Hall–Kier alpha value is -3.41. The van der Waals surface area contributed by atoms with Crippen LogP contribution in [0.1, 0.15) is 27.9 Å². The summed E-state index contributed by atoms with van der Waals surface area (Å²) in [4.78, 5) is 34.5. The number of ketones is 1. The molecule has 6 nitrogen and oxygen atoms in total. The van der Waals surface area contributed by atoms with Gasteiger partial charge in [-0.25, -0.2) is 4.79 Å². The molecule has 0 bridgehead atoms. The highest BCUT2D eigenvalue weighted by atomic mass is 16.5. The number of alkyl carbamates (subject to hydrolysis) is 1. The molecule has 0 atom stereocenters. The van der Waals surface area contributed by atoms with Gasteiger partial charge in [-0.1, -0.05) is 48.6 Å². The molecule has 0 aliphatic carbocycles. The maximum atomic E-state index is 11.6. The fourth-order valence-corrected chi connectivity index (χ4v) is 2.52. The number of Topliss-reactive ketones (excluding diaryl/α,β-unsaturated/α-hetero) is 1. The Bertz CT molecular complexity index is 859. The van der Waals surface area contributed by atoms with Crippen LogP contribution in [0.4, 0.5) is 10.5 Å². The minimum atomic E-state index is -0.598. The zero-order valence-electron chi connectivity index (χ0n) is 14.0. The molecule has 132 valence electrons. The zero-order chi connectivity index (χ0) is 18.4. The summed E-state index contributed by atoms with van der Waals surface area (Å²) in [5.41, 5.74) is 2.73. The minimum absolute atomic E-state index is 0.238. The van der Waals surface area contributed by atoms with E-state index in [1.807, 2.05) is 42.5 Å². The van der Waals surface area contributed by atoms with Gasteiger partial charge in [-0.05, 0) is 29.7 Å². The number of hydrogen-bond acceptors (Lipinski definition) is 4. The van der Waals surface area contributed by atoms with Gasteiger partial charge in [0.25, 0.3) is 11.7 Å². The molecule has 0 radical (unpaired) electrons. The van der Waals surface area contributed by atoms with E-state index in [0.29, 0.717) is 24.2 Å². The molecule has 0 fully saturated rings. The summed E-state index contributed by atoms with van der Waals surface area (Å²) in [5.74, 6) is -1.10. The number of benzene rings is 2. The number of fused-ring (bicyclic) bond motifs is 1. The monoisotopic (exact) mass is 350 g/mol. The average Bonchev–Trinajstić information content (AvgIpc) is 2.94. The molecule has 0 saturated heterocycles. The first-order chi connectivity index (χ1) is 12.6. The van der Waals surface area contributed by atoms with Gasteiger partial charge in [0.15, 0.2) is 0 Å². The van der Waals surface area contributed by atoms with Gasteiger partial charge < -0.3 is 15.4 Å². The van der Waals surface area contributed by atoms with Crippen LogP contribution in [0.25, 0.3) is 6.08 Å². The van der Waals surface area contributed by atoms with E-state index in [1.54, 1.807) is 18.2 Å². The van der Waals surface area contributed by atoms with Crippen molar-refractivity contribution in [1.29, 1.82) is 0 Å². The third kappa shape index (κ3) is 4.36. The second-order valence-corrected chi connectivity index (χ2v) is 5.77. The van der Waals surface area contributed by atoms with Crippen molar-refractivity contribution in [2.75, 3.05) is 11.9 Å². The predicted octanol–water partition coefficient (Wildman–Crippen LogP) is 3.15. The van der Waals surface area contributed by atoms with Gasteiger partial charge in [0, 0.05) is 6.54 Å². The Kier molecular flexibility index (Phi) is 5.43.